The molecule has 9 heteroatoms. The standard InChI is InChI=1S/C26H36N2O7/c1-5-14-35-21-13-9-12-20-22(21)26(23(32)34-6-2,27-25(15-29,16-30)17-31)24(4,33)28(20)19-11-8-7-10-18(19)3/h7-13,27,29-31,33H,5-6,14-17H2,1-4H3. The van der Waals surface area contributed by atoms with Crippen LogP contribution in [0, 0.1) is 6.92 Å². The molecule has 0 aromatic heterocycles. The Morgan fingerprint density at radius 1 is 1.03 bits per heavy atom. The van der Waals surface area contributed by atoms with E-state index in [4.69, 9.17) is 9.47 Å². The summed E-state index contributed by atoms with van der Waals surface area (Å²) in [6.07, 6.45) is 0.704. The molecule has 5 N–H and O–H groups in total. The molecule has 0 saturated heterocycles. The van der Waals surface area contributed by atoms with Crippen LogP contribution in [0.15, 0.2) is 42.5 Å². The van der Waals surface area contributed by atoms with Crippen LogP contribution in [0.2, 0.25) is 0 Å². The van der Waals surface area contributed by atoms with Crippen LogP contribution >= 0.6 is 0 Å². The van der Waals surface area contributed by atoms with Gasteiger partial charge in [-0.2, -0.15) is 0 Å². The fraction of sp³-hybridized carbons (Fsp3) is 0.500. The molecule has 2 unspecified atom stereocenters. The Balaban J connectivity index is 2.44. The molecule has 0 radical (unpaired) electrons. The van der Waals surface area contributed by atoms with E-state index in [2.05, 4.69) is 5.32 Å². The topological polar surface area (TPSA) is 132 Å². The molecule has 0 fully saturated rings. The van der Waals surface area contributed by atoms with Gasteiger partial charge in [-0.25, -0.2) is 4.79 Å². The quantitative estimate of drug-likeness (QED) is 0.300. The monoisotopic (exact) mass is 488 g/mol. The highest BCUT2D eigenvalue weighted by molar-refractivity contribution is 5.95. The predicted molar refractivity (Wildman–Crippen MR) is 132 cm³/mol. The summed E-state index contributed by atoms with van der Waals surface area (Å²) in [5.41, 5.74) is -3.55. The summed E-state index contributed by atoms with van der Waals surface area (Å²) >= 11 is 0. The van der Waals surface area contributed by atoms with Gasteiger partial charge in [0.05, 0.1) is 49.8 Å². The van der Waals surface area contributed by atoms with Gasteiger partial charge in [-0.3, -0.25) is 5.32 Å². The fourth-order valence-corrected chi connectivity index (χ4v) is 4.67. The summed E-state index contributed by atoms with van der Waals surface area (Å²) < 4.78 is 11.5. The zero-order valence-electron chi connectivity index (χ0n) is 20.7. The molecule has 0 aliphatic carbocycles. The van der Waals surface area contributed by atoms with E-state index < -0.39 is 42.6 Å². The lowest BCUT2D eigenvalue weighted by atomic mass is 9.80. The average Bonchev–Trinajstić information content (AvgIpc) is 3.05. The van der Waals surface area contributed by atoms with Crippen molar-refractivity contribution >= 4 is 17.3 Å². The molecule has 35 heavy (non-hydrogen) atoms. The SMILES string of the molecule is CCCOc1cccc2c1C(NC(CO)(CO)CO)(C(=O)OCC)C(C)(O)N2c1ccccc1C. The van der Waals surface area contributed by atoms with Gasteiger partial charge in [-0.1, -0.05) is 31.2 Å². The maximum atomic E-state index is 13.9. The highest BCUT2D eigenvalue weighted by Crippen LogP contribution is 2.57. The van der Waals surface area contributed by atoms with Crippen molar-refractivity contribution in [2.75, 3.05) is 37.9 Å². The number of esters is 1. The lowest BCUT2D eigenvalue weighted by Gasteiger charge is -2.47. The number of carbonyl (C=O) groups excluding carboxylic acids is 1. The van der Waals surface area contributed by atoms with E-state index in [1.54, 1.807) is 30.0 Å². The molecule has 0 saturated carbocycles. The third kappa shape index (κ3) is 4.28. The van der Waals surface area contributed by atoms with Crippen LogP contribution in [0.5, 0.6) is 5.75 Å². The second-order valence-corrected chi connectivity index (χ2v) is 8.99. The van der Waals surface area contributed by atoms with Crippen LogP contribution in [0.4, 0.5) is 11.4 Å². The van der Waals surface area contributed by atoms with Gasteiger partial charge < -0.3 is 34.8 Å². The lowest BCUT2D eigenvalue weighted by molar-refractivity contribution is -0.168. The predicted octanol–water partition coefficient (Wildman–Crippen LogP) is 1.71. The highest BCUT2D eigenvalue weighted by Gasteiger charge is 2.68. The van der Waals surface area contributed by atoms with Crippen molar-refractivity contribution in [2.24, 2.45) is 0 Å². The summed E-state index contributed by atoms with van der Waals surface area (Å²) in [5.74, 6) is -0.501. The maximum Gasteiger partial charge on any atom is 0.336 e. The van der Waals surface area contributed by atoms with Crippen molar-refractivity contribution in [1.29, 1.82) is 0 Å². The van der Waals surface area contributed by atoms with Crippen LogP contribution in [-0.2, 0) is 15.1 Å². The van der Waals surface area contributed by atoms with E-state index >= 15 is 0 Å². The number of para-hydroxylation sites is 1. The molecule has 2 aromatic carbocycles. The third-order valence-corrected chi connectivity index (χ3v) is 6.53. The zero-order chi connectivity index (χ0) is 25.9. The minimum Gasteiger partial charge on any atom is -0.493 e. The van der Waals surface area contributed by atoms with Gasteiger partial charge in [0, 0.05) is 5.69 Å². The van der Waals surface area contributed by atoms with Crippen LogP contribution in [0.3, 0.4) is 0 Å². The van der Waals surface area contributed by atoms with E-state index in [1.807, 2.05) is 38.1 Å². The number of hydrogen-bond donors (Lipinski definition) is 5. The van der Waals surface area contributed by atoms with Crippen molar-refractivity contribution in [3.8, 4) is 5.75 Å². The number of aliphatic hydroxyl groups excluding tert-OH is 3. The molecule has 1 heterocycles. The normalized spacial score (nSPS) is 21.7. The Morgan fingerprint density at radius 3 is 2.23 bits per heavy atom. The molecule has 1 aliphatic rings. The Bertz CT molecular complexity index is 1030. The van der Waals surface area contributed by atoms with Gasteiger partial charge >= 0.3 is 5.97 Å². The number of fused-ring (bicyclic) bond motifs is 1. The van der Waals surface area contributed by atoms with Gasteiger partial charge in [0.2, 0.25) is 0 Å². The first-order chi connectivity index (χ1) is 16.7. The number of carbonyl (C=O) groups is 1. The Labute approximate surface area is 205 Å². The van der Waals surface area contributed by atoms with Gasteiger partial charge in [0.1, 0.15) is 5.75 Å². The van der Waals surface area contributed by atoms with E-state index in [9.17, 15) is 25.2 Å². The molecule has 3 rings (SSSR count). The second-order valence-electron chi connectivity index (χ2n) is 8.99. The van der Waals surface area contributed by atoms with Crippen molar-refractivity contribution in [2.45, 2.75) is 50.9 Å². The summed E-state index contributed by atoms with van der Waals surface area (Å²) in [6.45, 7) is 5.17. The third-order valence-electron chi connectivity index (χ3n) is 6.53. The molecule has 1 aliphatic heterocycles. The number of anilines is 2. The maximum absolute atomic E-state index is 13.9. The summed E-state index contributed by atoms with van der Waals surface area (Å²) in [6, 6.07) is 12.6. The Hall–Kier alpha value is -2.69. The van der Waals surface area contributed by atoms with Gasteiger partial charge in [0.15, 0.2) is 11.3 Å². The number of ether oxygens (including phenoxy) is 2. The van der Waals surface area contributed by atoms with Gasteiger partial charge in [0.25, 0.3) is 0 Å². The van der Waals surface area contributed by atoms with E-state index in [0.717, 1.165) is 5.56 Å². The zero-order valence-corrected chi connectivity index (χ0v) is 20.7. The van der Waals surface area contributed by atoms with Crippen molar-refractivity contribution in [3.63, 3.8) is 0 Å². The molecule has 9 nitrogen and oxygen atoms in total. The van der Waals surface area contributed by atoms with Crippen molar-refractivity contribution in [3.05, 3.63) is 53.6 Å². The number of rotatable bonds is 11. The highest BCUT2D eigenvalue weighted by atomic mass is 16.5. The molecule has 0 amide bonds. The number of nitrogens with one attached hydrogen (secondary N) is 1. The number of aryl methyl sites for hydroxylation is 1. The molecule has 2 aromatic rings. The number of benzene rings is 2. The average molecular weight is 489 g/mol. The molecular weight excluding hydrogens is 452 g/mol. The van der Waals surface area contributed by atoms with Crippen LogP contribution in [0.1, 0.15) is 38.3 Å². The van der Waals surface area contributed by atoms with E-state index in [-0.39, 0.29) is 6.61 Å². The number of nitrogens with zero attached hydrogens (tertiary/aromatic N) is 1. The lowest BCUT2D eigenvalue weighted by Crippen LogP contribution is -2.73. The minimum absolute atomic E-state index is 0.0143. The molecule has 192 valence electrons. The number of hydrogen-bond acceptors (Lipinski definition) is 9. The first-order valence-electron chi connectivity index (χ1n) is 11.8. The van der Waals surface area contributed by atoms with Gasteiger partial charge in [-0.05, 0) is 51.0 Å². The van der Waals surface area contributed by atoms with E-state index in [1.165, 1.54) is 6.92 Å². The van der Waals surface area contributed by atoms with E-state index in [0.29, 0.717) is 35.7 Å². The van der Waals surface area contributed by atoms with Crippen molar-refractivity contribution < 1.29 is 34.7 Å². The Morgan fingerprint density at radius 2 is 1.66 bits per heavy atom. The Kier molecular flexibility index (Phi) is 8.08. The first-order valence-corrected chi connectivity index (χ1v) is 11.8. The number of aliphatic hydroxyl groups is 4. The summed E-state index contributed by atoms with van der Waals surface area (Å²) in [4.78, 5) is 15.5. The largest absolute Gasteiger partial charge is 0.493 e. The fourth-order valence-electron chi connectivity index (χ4n) is 4.67. The van der Waals surface area contributed by atoms with Crippen molar-refractivity contribution in [1.82, 2.24) is 5.32 Å². The molecule has 2 atom stereocenters. The van der Waals surface area contributed by atoms with Crippen LogP contribution in [-0.4, -0.2) is 70.7 Å². The minimum atomic E-state index is -2.06. The van der Waals surface area contributed by atoms with Crippen LogP contribution in [0.25, 0.3) is 0 Å². The second kappa shape index (κ2) is 10.5. The van der Waals surface area contributed by atoms with Gasteiger partial charge in [-0.15, -0.1) is 0 Å². The first kappa shape index (κ1) is 26.9. The molecular formula is C26H36N2O7. The van der Waals surface area contributed by atoms with Crippen LogP contribution < -0.4 is 15.0 Å². The smallest absolute Gasteiger partial charge is 0.336 e. The summed E-state index contributed by atoms with van der Waals surface area (Å²) in [7, 11) is 0. The molecule has 0 spiro atoms. The molecule has 0 bridgehead atoms. The summed E-state index contributed by atoms with van der Waals surface area (Å²) in [5, 5.41) is 45.8.